The van der Waals surface area contributed by atoms with Crippen molar-refractivity contribution < 1.29 is 0 Å². The molecular weight excluding hydrogens is 266 g/mol. The van der Waals surface area contributed by atoms with Gasteiger partial charge >= 0.3 is 0 Å². The smallest absolute Gasteiger partial charge is 0.185 e. The lowest BCUT2D eigenvalue weighted by atomic mass is 9.80. The fourth-order valence-electron chi connectivity index (χ4n) is 3.30. The number of anilines is 1. The summed E-state index contributed by atoms with van der Waals surface area (Å²) in [6, 6.07) is 0.679. The van der Waals surface area contributed by atoms with E-state index < -0.39 is 0 Å². The minimum Gasteiger partial charge on any atom is -0.348 e. The van der Waals surface area contributed by atoms with Crippen molar-refractivity contribution in [2.75, 3.05) is 18.5 Å². The van der Waals surface area contributed by atoms with Crippen molar-refractivity contribution in [3.63, 3.8) is 0 Å². The fraction of sp³-hybridized carbons (Fsp3) is 0.812. The SMILES string of the molecule is CCC(CC)(CN)c1csc(N(C)C2CCCCC2)n1. The minimum atomic E-state index is 0.0716. The van der Waals surface area contributed by atoms with Crippen LogP contribution in [0.5, 0.6) is 0 Å². The van der Waals surface area contributed by atoms with Crippen LogP contribution in [0.3, 0.4) is 0 Å². The van der Waals surface area contributed by atoms with Crippen molar-refractivity contribution in [2.45, 2.75) is 70.3 Å². The maximum Gasteiger partial charge on any atom is 0.185 e. The van der Waals surface area contributed by atoms with Gasteiger partial charge in [0.05, 0.1) is 5.69 Å². The van der Waals surface area contributed by atoms with E-state index in [1.165, 1.54) is 42.9 Å². The molecule has 3 nitrogen and oxygen atoms in total. The van der Waals surface area contributed by atoms with Gasteiger partial charge in [0.2, 0.25) is 0 Å². The van der Waals surface area contributed by atoms with Gasteiger partial charge in [-0.25, -0.2) is 4.98 Å². The predicted octanol–water partition coefficient (Wildman–Crippen LogP) is 3.93. The topological polar surface area (TPSA) is 42.1 Å². The molecule has 0 unspecified atom stereocenters. The maximum atomic E-state index is 6.04. The van der Waals surface area contributed by atoms with Gasteiger partial charge in [0.15, 0.2) is 5.13 Å². The molecule has 1 fully saturated rings. The monoisotopic (exact) mass is 295 g/mol. The molecule has 0 bridgehead atoms. The Morgan fingerprint density at radius 2 is 1.95 bits per heavy atom. The molecule has 0 radical (unpaired) electrons. The van der Waals surface area contributed by atoms with Crippen LogP contribution in [0, 0.1) is 0 Å². The number of nitrogens with two attached hydrogens (primary N) is 1. The van der Waals surface area contributed by atoms with Crippen molar-refractivity contribution in [1.82, 2.24) is 4.98 Å². The highest BCUT2D eigenvalue weighted by atomic mass is 32.1. The van der Waals surface area contributed by atoms with E-state index in [2.05, 4.69) is 31.2 Å². The molecule has 0 aliphatic heterocycles. The highest BCUT2D eigenvalue weighted by Gasteiger charge is 2.30. The van der Waals surface area contributed by atoms with Crippen LogP contribution >= 0.6 is 11.3 Å². The van der Waals surface area contributed by atoms with Crippen LogP contribution in [-0.4, -0.2) is 24.6 Å². The lowest BCUT2D eigenvalue weighted by Gasteiger charge is -2.31. The van der Waals surface area contributed by atoms with E-state index in [9.17, 15) is 0 Å². The molecular formula is C16H29N3S. The van der Waals surface area contributed by atoms with Crippen molar-refractivity contribution in [2.24, 2.45) is 5.73 Å². The summed E-state index contributed by atoms with van der Waals surface area (Å²) in [5.41, 5.74) is 7.31. The number of aromatic nitrogens is 1. The van der Waals surface area contributed by atoms with Crippen molar-refractivity contribution in [3.05, 3.63) is 11.1 Å². The summed E-state index contributed by atoms with van der Waals surface area (Å²) in [4.78, 5) is 7.34. The highest BCUT2D eigenvalue weighted by molar-refractivity contribution is 7.13. The van der Waals surface area contributed by atoms with E-state index in [4.69, 9.17) is 10.7 Å². The predicted molar refractivity (Wildman–Crippen MR) is 88.7 cm³/mol. The first-order valence-electron chi connectivity index (χ1n) is 8.05. The van der Waals surface area contributed by atoms with Crippen molar-refractivity contribution in [1.29, 1.82) is 0 Å². The van der Waals surface area contributed by atoms with Crippen LogP contribution in [0.15, 0.2) is 5.38 Å². The van der Waals surface area contributed by atoms with Crippen LogP contribution in [0.1, 0.15) is 64.5 Å². The second kappa shape index (κ2) is 6.90. The molecule has 2 N–H and O–H groups in total. The lowest BCUT2D eigenvalue weighted by molar-refractivity contribution is 0.396. The summed E-state index contributed by atoms with van der Waals surface area (Å²) in [5, 5.41) is 3.40. The molecule has 0 spiro atoms. The van der Waals surface area contributed by atoms with Crippen molar-refractivity contribution in [3.8, 4) is 0 Å². The first kappa shape index (κ1) is 15.8. The number of hydrogen-bond donors (Lipinski definition) is 1. The molecule has 1 aromatic rings. The zero-order valence-corrected chi connectivity index (χ0v) is 14.0. The third-order valence-electron chi connectivity index (χ3n) is 5.20. The maximum absolute atomic E-state index is 6.04. The Labute approximate surface area is 127 Å². The van der Waals surface area contributed by atoms with Gasteiger partial charge in [0, 0.05) is 30.4 Å². The zero-order chi connectivity index (χ0) is 14.6. The van der Waals surface area contributed by atoms with E-state index in [0.29, 0.717) is 12.6 Å². The van der Waals surface area contributed by atoms with E-state index in [1.807, 2.05) is 0 Å². The van der Waals surface area contributed by atoms with E-state index >= 15 is 0 Å². The Balaban J connectivity index is 2.15. The van der Waals surface area contributed by atoms with Gasteiger partial charge < -0.3 is 10.6 Å². The molecule has 0 atom stereocenters. The van der Waals surface area contributed by atoms with Gasteiger partial charge in [-0.1, -0.05) is 33.1 Å². The third-order valence-corrected chi connectivity index (χ3v) is 6.14. The Morgan fingerprint density at radius 3 is 2.50 bits per heavy atom. The van der Waals surface area contributed by atoms with Gasteiger partial charge in [-0.15, -0.1) is 11.3 Å². The highest BCUT2D eigenvalue weighted by Crippen LogP contribution is 2.35. The summed E-state index contributed by atoms with van der Waals surface area (Å²) in [7, 11) is 2.21. The Morgan fingerprint density at radius 1 is 1.30 bits per heavy atom. The molecule has 1 aromatic heterocycles. The average molecular weight is 295 g/mol. The second-order valence-electron chi connectivity index (χ2n) is 6.11. The molecule has 1 aliphatic carbocycles. The van der Waals surface area contributed by atoms with Gasteiger partial charge in [0.25, 0.3) is 0 Å². The molecule has 1 aliphatic rings. The van der Waals surface area contributed by atoms with Gasteiger partial charge in [-0.05, 0) is 25.7 Å². The molecule has 1 heterocycles. The molecule has 20 heavy (non-hydrogen) atoms. The molecule has 2 rings (SSSR count). The number of nitrogens with zero attached hydrogens (tertiary/aromatic N) is 2. The van der Waals surface area contributed by atoms with Crippen LogP contribution in [0.2, 0.25) is 0 Å². The first-order valence-corrected chi connectivity index (χ1v) is 8.93. The summed E-state index contributed by atoms with van der Waals surface area (Å²) in [6.07, 6.45) is 8.89. The van der Waals surface area contributed by atoms with Gasteiger partial charge in [-0.2, -0.15) is 0 Å². The fourth-order valence-corrected chi connectivity index (χ4v) is 4.29. The van der Waals surface area contributed by atoms with Crippen LogP contribution in [-0.2, 0) is 5.41 Å². The van der Waals surface area contributed by atoms with Crippen molar-refractivity contribution >= 4 is 16.5 Å². The van der Waals surface area contributed by atoms with E-state index in [0.717, 1.165) is 12.8 Å². The normalized spacial score (nSPS) is 17.4. The van der Waals surface area contributed by atoms with Gasteiger partial charge in [0.1, 0.15) is 0 Å². The summed E-state index contributed by atoms with van der Waals surface area (Å²) in [5.74, 6) is 0. The standard InChI is InChI=1S/C16H29N3S/c1-4-16(5-2,12-17)14-11-20-15(18-14)19(3)13-9-7-6-8-10-13/h11,13H,4-10,12,17H2,1-3H3. The zero-order valence-electron chi connectivity index (χ0n) is 13.2. The third kappa shape index (κ3) is 3.01. The Hall–Kier alpha value is -0.610. The van der Waals surface area contributed by atoms with Crippen LogP contribution in [0.25, 0.3) is 0 Å². The lowest BCUT2D eigenvalue weighted by Crippen LogP contribution is -2.35. The Kier molecular flexibility index (Phi) is 5.44. The largest absolute Gasteiger partial charge is 0.348 e. The molecule has 114 valence electrons. The summed E-state index contributed by atoms with van der Waals surface area (Å²) >= 11 is 1.78. The number of thiazole rings is 1. The van der Waals surface area contributed by atoms with Crippen LogP contribution < -0.4 is 10.6 Å². The first-order chi connectivity index (χ1) is 9.66. The quantitative estimate of drug-likeness (QED) is 0.864. The second-order valence-corrected chi connectivity index (χ2v) is 6.95. The molecule has 1 saturated carbocycles. The minimum absolute atomic E-state index is 0.0716. The van der Waals surface area contributed by atoms with Crippen LogP contribution in [0.4, 0.5) is 5.13 Å². The number of rotatable bonds is 6. The van der Waals surface area contributed by atoms with E-state index in [1.54, 1.807) is 11.3 Å². The summed E-state index contributed by atoms with van der Waals surface area (Å²) in [6.45, 7) is 5.14. The van der Waals surface area contributed by atoms with E-state index in [-0.39, 0.29) is 5.41 Å². The molecule has 4 heteroatoms. The Bertz CT molecular complexity index is 397. The van der Waals surface area contributed by atoms with Gasteiger partial charge in [-0.3, -0.25) is 0 Å². The molecule has 0 saturated heterocycles. The summed E-state index contributed by atoms with van der Waals surface area (Å²) < 4.78 is 0. The molecule has 0 aromatic carbocycles. The number of hydrogen-bond acceptors (Lipinski definition) is 4. The average Bonchev–Trinajstić information content (AvgIpc) is 3.00. The molecule has 0 amide bonds.